The maximum absolute atomic E-state index is 11.9. The van der Waals surface area contributed by atoms with E-state index in [0.717, 1.165) is 15.6 Å². The topological polar surface area (TPSA) is 136 Å². The quantitative estimate of drug-likeness (QED) is 0.681. The second kappa shape index (κ2) is 6.81. The van der Waals surface area contributed by atoms with Crippen molar-refractivity contribution in [2.75, 3.05) is 5.32 Å². The van der Waals surface area contributed by atoms with Crippen LogP contribution < -0.4 is 16.6 Å². The first-order chi connectivity index (χ1) is 11.9. The largest absolute Gasteiger partial charge is 0.402 e. The number of hydrogen-bond acceptors (Lipinski definition) is 8. The molecule has 1 amide bonds. The Labute approximate surface area is 144 Å². The monoisotopic (exact) mass is 362 g/mol. The summed E-state index contributed by atoms with van der Waals surface area (Å²) in [5.41, 5.74) is -0.282. The summed E-state index contributed by atoms with van der Waals surface area (Å²) < 4.78 is 6.65. The molecule has 0 atom stereocenters. The second-order valence-corrected chi connectivity index (χ2v) is 6.36. The van der Waals surface area contributed by atoms with E-state index in [1.807, 2.05) is 13.8 Å². The van der Waals surface area contributed by atoms with E-state index >= 15 is 0 Å². The number of thiazole rings is 1. The molecular formula is C14H14N6O4S. The number of anilines is 1. The summed E-state index contributed by atoms with van der Waals surface area (Å²) in [6.45, 7) is 3.82. The lowest BCUT2D eigenvalue weighted by Crippen LogP contribution is -2.29. The summed E-state index contributed by atoms with van der Waals surface area (Å²) in [7, 11) is 0. The Bertz CT molecular complexity index is 1030. The normalized spacial score (nSPS) is 10.8. The Hall–Kier alpha value is -3.08. The third-order valence-corrected chi connectivity index (χ3v) is 4.31. The highest BCUT2D eigenvalue weighted by atomic mass is 32.1. The molecule has 0 aliphatic carbocycles. The van der Waals surface area contributed by atoms with E-state index in [1.54, 1.807) is 0 Å². The Kier molecular flexibility index (Phi) is 4.57. The van der Waals surface area contributed by atoms with Crippen LogP contribution in [0.25, 0.3) is 10.8 Å². The van der Waals surface area contributed by atoms with Gasteiger partial charge in [-0.2, -0.15) is 0 Å². The first kappa shape index (κ1) is 16.8. The van der Waals surface area contributed by atoms with Crippen molar-refractivity contribution in [3.05, 3.63) is 43.8 Å². The summed E-state index contributed by atoms with van der Waals surface area (Å²) in [5.74, 6) is -0.110. The lowest BCUT2D eigenvalue weighted by Gasteiger charge is -2.03. The zero-order valence-corrected chi connectivity index (χ0v) is 14.2. The molecule has 3 rings (SSSR count). The number of rotatable bonds is 5. The number of aromatic nitrogens is 5. The number of nitrogens with zero attached hydrogens (tertiary/aromatic N) is 4. The molecule has 10 nitrogen and oxygen atoms in total. The molecule has 0 saturated heterocycles. The predicted octanol–water partition coefficient (Wildman–Crippen LogP) is 0.689. The number of carbonyl (C=O) groups is 1. The number of carbonyl (C=O) groups excluding carboxylic acids is 1. The fourth-order valence-corrected chi connectivity index (χ4v) is 2.96. The van der Waals surface area contributed by atoms with Crippen LogP contribution in [0, 0.1) is 13.8 Å². The van der Waals surface area contributed by atoms with Crippen molar-refractivity contribution in [2.24, 2.45) is 0 Å². The lowest BCUT2D eigenvalue weighted by molar-refractivity contribution is -0.116. The molecule has 0 fully saturated rings. The molecule has 25 heavy (non-hydrogen) atoms. The molecule has 3 heterocycles. The highest BCUT2D eigenvalue weighted by molar-refractivity contribution is 7.15. The van der Waals surface area contributed by atoms with Crippen molar-refractivity contribution in [3.8, 4) is 10.8 Å². The summed E-state index contributed by atoms with van der Waals surface area (Å²) in [6, 6.07) is 1.18. The maximum Gasteiger partial charge on any atom is 0.328 e. The number of aryl methyl sites for hydroxylation is 3. The summed E-state index contributed by atoms with van der Waals surface area (Å²) in [5, 5.41) is 11.0. The van der Waals surface area contributed by atoms with Crippen LogP contribution in [-0.4, -0.2) is 30.6 Å². The van der Waals surface area contributed by atoms with Crippen LogP contribution in [0.4, 0.5) is 6.01 Å². The molecule has 0 spiro atoms. The van der Waals surface area contributed by atoms with Crippen molar-refractivity contribution in [2.45, 2.75) is 26.8 Å². The van der Waals surface area contributed by atoms with E-state index in [0.29, 0.717) is 0 Å². The number of aromatic amines is 1. The Morgan fingerprint density at radius 2 is 2.16 bits per heavy atom. The molecule has 0 radical (unpaired) electrons. The van der Waals surface area contributed by atoms with E-state index in [9.17, 15) is 14.4 Å². The van der Waals surface area contributed by atoms with E-state index in [-0.39, 0.29) is 24.9 Å². The smallest absolute Gasteiger partial charge is 0.328 e. The average molecular weight is 362 g/mol. The first-order valence-corrected chi connectivity index (χ1v) is 8.11. The van der Waals surface area contributed by atoms with Crippen LogP contribution in [0.15, 0.2) is 26.3 Å². The van der Waals surface area contributed by atoms with Gasteiger partial charge in [0.25, 0.3) is 11.4 Å². The van der Waals surface area contributed by atoms with Gasteiger partial charge in [-0.3, -0.25) is 19.9 Å². The van der Waals surface area contributed by atoms with Gasteiger partial charge in [-0.05, 0) is 13.8 Å². The zero-order valence-electron chi connectivity index (χ0n) is 13.4. The van der Waals surface area contributed by atoms with Crippen molar-refractivity contribution >= 4 is 23.3 Å². The lowest BCUT2D eigenvalue weighted by atomic mass is 10.4. The minimum absolute atomic E-state index is 0.00234. The van der Waals surface area contributed by atoms with Crippen molar-refractivity contribution in [1.82, 2.24) is 24.7 Å². The molecule has 0 unspecified atom stereocenters. The molecule has 3 aromatic heterocycles. The van der Waals surface area contributed by atoms with Crippen LogP contribution in [0.1, 0.15) is 17.1 Å². The van der Waals surface area contributed by atoms with Gasteiger partial charge >= 0.3 is 11.7 Å². The average Bonchev–Trinajstić information content (AvgIpc) is 3.12. The Balaban J connectivity index is 1.63. The Morgan fingerprint density at radius 1 is 1.36 bits per heavy atom. The third-order valence-electron chi connectivity index (χ3n) is 3.25. The number of hydrogen-bond donors (Lipinski definition) is 2. The summed E-state index contributed by atoms with van der Waals surface area (Å²) in [6.07, 6.45) is 1.33. The molecule has 130 valence electrons. The molecule has 0 aliphatic heterocycles. The number of nitrogens with one attached hydrogen (secondary N) is 2. The van der Waals surface area contributed by atoms with Gasteiger partial charge in [-0.1, -0.05) is 5.10 Å². The SMILES string of the molecule is Cc1nc(C)c(-c2nnc(NC(=O)CCn3ccc(=O)[nH]c3=O)o2)s1. The highest BCUT2D eigenvalue weighted by Gasteiger charge is 2.16. The fourth-order valence-electron chi connectivity index (χ4n) is 2.12. The van der Waals surface area contributed by atoms with Gasteiger partial charge < -0.3 is 8.98 Å². The van der Waals surface area contributed by atoms with Crippen LogP contribution in [0.5, 0.6) is 0 Å². The van der Waals surface area contributed by atoms with Gasteiger partial charge in [0.15, 0.2) is 0 Å². The molecule has 0 aromatic carbocycles. The first-order valence-electron chi connectivity index (χ1n) is 7.30. The highest BCUT2D eigenvalue weighted by Crippen LogP contribution is 2.29. The van der Waals surface area contributed by atoms with Crippen LogP contribution >= 0.6 is 11.3 Å². The predicted molar refractivity (Wildman–Crippen MR) is 89.4 cm³/mol. The summed E-state index contributed by atoms with van der Waals surface area (Å²) in [4.78, 5) is 41.6. The minimum Gasteiger partial charge on any atom is -0.402 e. The molecule has 0 saturated carbocycles. The van der Waals surface area contributed by atoms with Crippen molar-refractivity contribution < 1.29 is 9.21 Å². The number of H-pyrrole nitrogens is 1. The fraction of sp³-hybridized carbons (Fsp3) is 0.286. The minimum atomic E-state index is -0.573. The van der Waals surface area contributed by atoms with Gasteiger partial charge in [-0.15, -0.1) is 16.4 Å². The van der Waals surface area contributed by atoms with Crippen molar-refractivity contribution in [3.63, 3.8) is 0 Å². The number of amides is 1. The van der Waals surface area contributed by atoms with Crippen LogP contribution in [0.2, 0.25) is 0 Å². The zero-order chi connectivity index (χ0) is 18.0. The summed E-state index contributed by atoms with van der Waals surface area (Å²) >= 11 is 1.42. The van der Waals surface area contributed by atoms with Gasteiger partial charge in [0.05, 0.1) is 10.7 Å². The van der Waals surface area contributed by atoms with Crippen LogP contribution in [0.3, 0.4) is 0 Å². The van der Waals surface area contributed by atoms with E-state index in [2.05, 4.69) is 25.5 Å². The van der Waals surface area contributed by atoms with E-state index < -0.39 is 17.2 Å². The molecule has 11 heteroatoms. The maximum atomic E-state index is 11.9. The standard InChI is InChI=1S/C14H14N6O4S/c1-7-11(25-8(2)15-7)12-18-19-13(24-12)16-9(21)3-5-20-6-4-10(22)17-14(20)23/h4,6H,3,5H2,1-2H3,(H,16,19,21)(H,17,22,23). The van der Waals surface area contributed by atoms with Crippen LogP contribution in [-0.2, 0) is 11.3 Å². The van der Waals surface area contributed by atoms with Gasteiger partial charge in [0, 0.05) is 25.2 Å². The van der Waals surface area contributed by atoms with Crippen molar-refractivity contribution in [1.29, 1.82) is 0 Å². The molecular weight excluding hydrogens is 348 g/mol. The van der Waals surface area contributed by atoms with E-state index in [4.69, 9.17) is 4.42 Å². The molecule has 0 aliphatic rings. The van der Waals surface area contributed by atoms with Gasteiger partial charge in [-0.25, -0.2) is 9.78 Å². The van der Waals surface area contributed by atoms with Gasteiger partial charge in [0.2, 0.25) is 5.91 Å². The van der Waals surface area contributed by atoms with E-state index in [1.165, 1.54) is 28.2 Å². The molecule has 2 N–H and O–H groups in total. The molecule has 3 aromatic rings. The third kappa shape index (κ3) is 3.88. The molecule has 0 bridgehead atoms. The van der Waals surface area contributed by atoms with Gasteiger partial charge in [0.1, 0.15) is 4.88 Å². The Morgan fingerprint density at radius 3 is 2.84 bits per heavy atom. The second-order valence-electron chi connectivity index (χ2n) is 5.16.